The second kappa shape index (κ2) is 9.89. The van der Waals surface area contributed by atoms with Crippen LogP contribution in [-0.4, -0.2) is 55.4 Å². The van der Waals surface area contributed by atoms with Crippen LogP contribution in [-0.2, 0) is 19.0 Å². The minimum Gasteiger partial charge on any atom is -0.388 e. The van der Waals surface area contributed by atoms with Crippen molar-refractivity contribution < 1.29 is 24.1 Å². The van der Waals surface area contributed by atoms with Crippen LogP contribution in [0, 0.1) is 0 Å². The highest BCUT2D eigenvalue weighted by atomic mass is 16.7. The smallest absolute Gasteiger partial charge is 0.246 e. The van der Waals surface area contributed by atoms with Gasteiger partial charge in [-0.3, -0.25) is 4.79 Å². The quantitative estimate of drug-likeness (QED) is 0.341. The van der Waals surface area contributed by atoms with Gasteiger partial charge >= 0.3 is 0 Å². The van der Waals surface area contributed by atoms with Crippen molar-refractivity contribution in [3.63, 3.8) is 0 Å². The lowest BCUT2D eigenvalue weighted by Crippen LogP contribution is -2.44. The molecule has 1 amide bonds. The van der Waals surface area contributed by atoms with Gasteiger partial charge in [0.2, 0.25) is 5.91 Å². The fourth-order valence-electron chi connectivity index (χ4n) is 1.44. The van der Waals surface area contributed by atoms with E-state index in [-0.39, 0.29) is 18.8 Å². The monoisotopic (exact) mass is 303 g/mol. The molecule has 124 valence electrons. The van der Waals surface area contributed by atoms with Crippen LogP contribution in [0.15, 0.2) is 12.2 Å². The van der Waals surface area contributed by atoms with E-state index in [4.69, 9.17) is 14.2 Å². The standard InChI is InChI=1S/C15H29NO5/c1-7-19-12(4)20-10-13(17)15(5,6)21-9-8-16-14(18)11(2)3/h12-13,17H,2,7-10H2,1,3-6H3,(H,16,18). The van der Waals surface area contributed by atoms with Crippen molar-refractivity contribution in [3.8, 4) is 0 Å². The molecule has 0 aliphatic rings. The largest absolute Gasteiger partial charge is 0.388 e. The Hall–Kier alpha value is -0.950. The molecule has 0 rings (SSSR count). The van der Waals surface area contributed by atoms with Gasteiger partial charge in [0.05, 0.1) is 18.8 Å². The third-order valence-electron chi connectivity index (χ3n) is 2.94. The average Bonchev–Trinajstić information content (AvgIpc) is 2.40. The van der Waals surface area contributed by atoms with Gasteiger partial charge in [-0.2, -0.15) is 0 Å². The van der Waals surface area contributed by atoms with Gasteiger partial charge in [0, 0.05) is 18.7 Å². The Morgan fingerprint density at radius 3 is 2.52 bits per heavy atom. The minimum absolute atomic E-state index is 0.117. The van der Waals surface area contributed by atoms with E-state index in [1.807, 2.05) is 6.92 Å². The molecule has 0 fully saturated rings. The summed E-state index contributed by atoms with van der Waals surface area (Å²) in [4.78, 5) is 11.3. The fraction of sp³-hybridized carbons (Fsp3) is 0.800. The molecule has 6 nitrogen and oxygen atoms in total. The molecular weight excluding hydrogens is 274 g/mol. The summed E-state index contributed by atoms with van der Waals surface area (Å²) in [6.07, 6.45) is -1.16. The number of amides is 1. The van der Waals surface area contributed by atoms with Gasteiger partial charge < -0.3 is 24.6 Å². The Morgan fingerprint density at radius 1 is 1.38 bits per heavy atom. The van der Waals surface area contributed by atoms with E-state index in [9.17, 15) is 9.90 Å². The molecule has 2 N–H and O–H groups in total. The van der Waals surface area contributed by atoms with Gasteiger partial charge in [-0.15, -0.1) is 0 Å². The van der Waals surface area contributed by atoms with E-state index in [0.29, 0.717) is 25.3 Å². The van der Waals surface area contributed by atoms with E-state index >= 15 is 0 Å². The Morgan fingerprint density at radius 2 is 2.00 bits per heavy atom. The predicted octanol–water partition coefficient (Wildman–Crippen LogP) is 1.23. The number of hydrogen-bond acceptors (Lipinski definition) is 5. The summed E-state index contributed by atoms with van der Waals surface area (Å²) in [5, 5.41) is 12.7. The van der Waals surface area contributed by atoms with Gasteiger partial charge in [0.15, 0.2) is 6.29 Å². The summed E-state index contributed by atoms with van der Waals surface area (Å²) in [5.41, 5.74) is -0.326. The second-order valence-electron chi connectivity index (χ2n) is 5.36. The van der Waals surface area contributed by atoms with Gasteiger partial charge in [-0.05, 0) is 34.6 Å². The summed E-state index contributed by atoms with van der Waals surface area (Å²) in [7, 11) is 0. The first-order chi connectivity index (χ1) is 9.70. The summed E-state index contributed by atoms with van der Waals surface area (Å²) in [6.45, 7) is 13.7. The molecule has 0 saturated carbocycles. The van der Waals surface area contributed by atoms with Gasteiger partial charge in [-0.1, -0.05) is 6.58 Å². The zero-order chi connectivity index (χ0) is 16.5. The average molecular weight is 303 g/mol. The summed E-state index contributed by atoms with van der Waals surface area (Å²) in [6, 6.07) is 0. The fourth-order valence-corrected chi connectivity index (χ4v) is 1.44. The van der Waals surface area contributed by atoms with Crippen molar-refractivity contribution in [2.24, 2.45) is 0 Å². The maximum absolute atomic E-state index is 11.3. The van der Waals surface area contributed by atoms with E-state index < -0.39 is 11.7 Å². The van der Waals surface area contributed by atoms with Gasteiger partial charge in [-0.25, -0.2) is 0 Å². The van der Waals surface area contributed by atoms with Crippen molar-refractivity contribution in [2.45, 2.75) is 52.6 Å². The van der Waals surface area contributed by atoms with Crippen LogP contribution >= 0.6 is 0 Å². The minimum atomic E-state index is -0.794. The van der Waals surface area contributed by atoms with Crippen LogP contribution in [0.4, 0.5) is 0 Å². The van der Waals surface area contributed by atoms with Gasteiger partial charge in [0.25, 0.3) is 0 Å². The highest BCUT2D eigenvalue weighted by Gasteiger charge is 2.29. The lowest BCUT2D eigenvalue weighted by atomic mass is 10.0. The van der Waals surface area contributed by atoms with E-state index in [1.165, 1.54) is 0 Å². The van der Waals surface area contributed by atoms with Crippen LogP contribution in [0.5, 0.6) is 0 Å². The number of hydrogen-bond donors (Lipinski definition) is 2. The number of carbonyl (C=O) groups excluding carboxylic acids is 1. The molecule has 21 heavy (non-hydrogen) atoms. The number of aliphatic hydroxyl groups is 1. The zero-order valence-electron chi connectivity index (χ0n) is 13.8. The molecule has 2 atom stereocenters. The molecule has 0 aromatic carbocycles. The number of ether oxygens (including phenoxy) is 3. The molecule has 0 saturated heterocycles. The summed E-state index contributed by atoms with van der Waals surface area (Å²) >= 11 is 0. The maximum atomic E-state index is 11.3. The predicted molar refractivity (Wildman–Crippen MR) is 80.9 cm³/mol. The van der Waals surface area contributed by atoms with Crippen LogP contribution in [0.25, 0.3) is 0 Å². The first-order valence-electron chi connectivity index (χ1n) is 7.19. The molecule has 0 spiro atoms. The molecule has 0 aromatic rings. The lowest BCUT2D eigenvalue weighted by Gasteiger charge is -2.31. The highest BCUT2D eigenvalue weighted by molar-refractivity contribution is 5.91. The molecular formula is C15H29NO5. The lowest BCUT2D eigenvalue weighted by molar-refractivity contribution is -0.177. The zero-order valence-corrected chi connectivity index (χ0v) is 13.8. The number of carbonyl (C=O) groups is 1. The molecule has 6 heteroatoms. The van der Waals surface area contributed by atoms with Crippen LogP contribution in [0.3, 0.4) is 0 Å². The third kappa shape index (κ3) is 8.83. The first kappa shape index (κ1) is 20.1. The van der Waals surface area contributed by atoms with Crippen molar-refractivity contribution in [1.82, 2.24) is 5.32 Å². The first-order valence-corrected chi connectivity index (χ1v) is 7.19. The number of nitrogens with one attached hydrogen (secondary N) is 1. The number of aliphatic hydroxyl groups excluding tert-OH is 1. The molecule has 0 radical (unpaired) electrons. The van der Waals surface area contributed by atoms with Crippen LogP contribution in [0.2, 0.25) is 0 Å². The molecule has 0 aliphatic carbocycles. The topological polar surface area (TPSA) is 77.0 Å². The van der Waals surface area contributed by atoms with Crippen molar-refractivity contribution in [3.05, 3.63) is 12.2 Å². The normalized spacial score (nSPS) is 14.6. The summed E-state index contributed by atoms with van der Waals surface area (Å²) < 4.78 is 16.2. The van der Waals surface area contributed by atoms with Crippen LogP contribution < -0.4 is 5.32 Å². The van der Waals surface area contributed by atoms with Crippen molar-refractivity contribution in [1.29, 1.82) is 0 Å². The SMILES string of the molecule is C=C(C)C(=O)NCCOC(C)(C)C(O)COC(C)OCC. The molecule has 0 aromatic heterocycles. The van der Waals surface area contributed by atoms with Gasteiger partial charge in [0.1, 0.15) is 6.10 Å². The van der Waals surface area contributed by atoms with E-state index in [1.54, 1.807) is 27.7 Å². The molecule has 0 heterocycles. The molecule has 0 bridgehead atoms. The van der Waals surface area contributed by atoms with Crippen molar-refractivity contribution >= 4 is 5.91 Å². The number of rotatable bonds is 11. The van der Waals surface area contributed by atoms with Crippen LogP contribution in [0.1, 0.15) is 34.6 Å². The Labute approximate surface area is 127 Å². The van der Waals surface area contributed by atoms with Crippen molar-refractivity contribution in [2.75, 3.05) is 26.4 Å². The second-order valence-corrected chi connectivity index (χ2v) is 5.36. The molecule has 2 unspecified atom stereocenters. The maximum Gasteiger partial charge on any atom is 0.246 e. The highest BCUT2D eigenvalue weighted by Crippen LogP contribution is 2.15. The Bertz CT molecular complexity index is 330. The third-order valence-corrected chi connectivity index (χ3v) is 2.94. The summed E-state index contributed by atoms with van der Waals surface area (Å²) in [5.74, 6) is -0.203. The Balaban J connectivity index is 3.99. The van der Waals surface area contributed by atoms with E-state index in [0.717, 1.165) is 0 Å². The Kier molecular flexibility index (Phi) is 9.44. The molecule has 0 aliphatic heterocycles. The van der Waals surface area contributed by atoms with E-state index in [2.05, 4.69) is 11.9 Å².